The van der Waals surface area contributed by atoms with E-state index in [1.807, 2.05) is 17.0 Å². The molecule has 2 saturated heterocycles. The number of carbonyl (C=O) groups excluding carboxylic acids is 1. The highest BCUT2D eigenvalue weighted by Gasteiger charge is 2.28. The van der Waals surface area contributed by atoms with Crippen molar-refractivity contribution in [3.63, 3.8) is 0 Å². The molecule has 22 heavy (non-hydrogen) atoms. The van der Waals surface area contributed by atoms with Crippen LogP contribution >= 0.6 is 0 Å². The Kier molecular flexibility index (Phi) is 4.83. The van der Waals surface area contributed by atoms with Gasteiger partial charge < -0.3 is 19.7 Å². The second-order valence-corrected chi connectivity index (χ2v) is 6.04. The van der Waals surface area contributed by atoms with Gasteiger partial charge in [-0.3, -0.25) is 0 Å². The summed E-state index contributed by atoms with van der Waals surface area (Å²) >= 11 is 0. The van der Waals surface area contributed by atoms with Gasteiger partial charge in [-0.2, -0.15) is 0 Å². The van der Waals surface area contributed by atoms with E-state index in [2.05, 4.69) is 17.4 Å². The first-order valence-electron chi connectivity index (χ1n) is 8.03. The summed E-state index contributed by atoms with van der Waals surface area (Å²) in [6.45, 7) is 3.12. The second kappa shape index (κ2) is 7.01. The zero-order valence-electron chi connectivity index (χ0n) is 13.1. The summed E-state index contributed by atoms with van der Waals surface area (Å²) in [5.74, 6) is 1.29. The first-order valence-corrected chi connectivity index (χ1v) is 8.03. The lowest BCUT2D eigenvalue weighted by Gasteiger charge is -2.26. The molecular weight excluding hydrogens is 280 g/mol. The highest BCUT2D eigenvalue weighted by Crippen LogP contribution is 2.28. The maximum Gasteiger partial charge on any atom is 0.317 e. The summed E-state index contributed by atoms with van der Waals surface area (Å²) in [5.41, 5.74) is 1.28. The van der Waals surface area contributed by atoms with Crippen LogP contribution in [0.4, 0.5) is 4.79 Å². The van der Waals surface area contributed by atoms with Gasteiger partial charge in [0.15, 0.2) is 0 Å². The molecule has 2 aliphatic rings. The molecule has 0 bridgehead atoms. The summed E-state index contributed by atoms with van der Waals surface area (Å²) in [7, 11) is 1.67. The quantitative estimate of drug-likeness (QED) is 0.933. The molecule has 5 heteroatoms. The van der Waals surface area contributed by atoms with Crippen LogP contribution in [0.2, 0.25) is 0 Å². The molecule has 2 amide bonds. The summed E-state index contributed by atoms with van der Waals surface area (Å²) in [6.07, 6.45) is 2.86. The Balaban J connectivity index is 1.53. The number of urea groups is 1. The number of ether oxygens (including phenoxy) is 2. The van der Waals surface area contributed by atoms with Crippen molar-refractivity contribution >= 4 is 6.03 Å². The molecule has 3 rings (SSSR count). The van der Waals surface area contributed by atoms with Crippen molar-refractivity contribution in [2.75, 3.05) is 33.4 Å². The fourth-order valence-corrected chi connectivity index (χ4v) is 3.20. The maximum atomic E-state index is 12.3. The van der Waals surface area contributed by atoms with E-state index in [1.54, 1.807) is 7.11 Å². The SMILES string of the molecule is COc1ccc(C2CCN(C(=O)NC3CCOCC3)C2)cc1. The van der Waals surface area contributed by atoms with Gasteiger partial charge in [-0.25, -0.2) is 4.79 Å². The van der Waals surface area contributed by atoms with E-state index < -0.39 is 0 Å². The number of nitrogens with one attached hydrogen (secondary N) is 1. The molecule has 1 unspecified atom stereocenters. The molecule has 2 fully saturated rings. The third-order valence-corrected chi connectivity index (χ3v) is 4.61. The molecule has 2 heterocycles. The van der Waals surface area contributed by atoms with Crippen LogP contribution in [0.15, 0.2) is 24.3 Å². The van der Waals surface area contributed by atoms with Crippen molar-refractivity contribution in [2.45, 2.75) is 31.2 Å². The van der Waals surface area contributed by atoms with Gasteiger partial charge >= 0.3 is 6.03 Å². The van der Waals surface area contributed by atoms with E-state index in [-0.39, 0.29) is 12.1 Å². The Bertz CT molecular complexity index is 497. The third kappa shape index (κ3) is 3.53. The maximum absolute atomic E-state index is 12.3. The lowest BCUT2D eigenvalue weighted by Crippen LogP contribution is -2.45. The average Bonchev–Trinajstić information content (AvgIpc) is 3.06. The minimum Gasteiger partial charge on any atom is -0.497 e. The number of amides is 2. The largest absolute Gasteiger partial charge is 0.497 e. The van der Waals surface area contributed by atoms with Gasteiger partial charge in [-0.05, 0) is 37.0 Å². The van der Waals surface area contributed by atoms with Crippen molar-refractivity contribution in [2.24, 2.45) is 0 Å². The smallest absolute Gasteiger partial charge is 0.317 e. The fourth-order valence-electron chi connectivity index (χ4n) is 3.20. The minimum absolute atomic E-state index is 0.0721. The highest BCUT2D eigenvalue weighted by molar-refractivity contribution is 5.75. The first kappa shape index (κ1) is 15.2. The van der Waals surface area contributed by atoms with Crippen molar-refractivity contribution in [1.29, 1.82) is 0 Å². The van der Waals surface area contributed by atoms with Gasteiger partial charge in [0.1, 0.15) is 5.75 Å². The summed E-state index contributed by atoms with van der Waals surface area (Å²) in [4.78, 5) is 14.3. The average molecular weight is 304 g/mol. The number of hydrogen-bond acceptors (Lipinski definition) is 3. The van der Waals surface area contributed by atoms with Crippen LogP contribution in [0.1, 0.15) is 30.7 Å². The molecule has 0 aliphatic carbocycles. The lowest BCUT2D eigenvalue weighted by molar-refractivity contribution is 0.0785. The molecule has 0 spiro atoms. The first-order chi connectivity index (χ1) is 10.8. The van der Waals surface area contributed by atoms with Crippen LogP contribution in [-0.4, -0.2) is 50.4 Å². The van der Waals surface area contributed by atoms with Crippen LogP contribution in [0.3, 0.4) is 0 Å². The zero-order chi connectivity index (χ0) is 15.4. The number of methoxy groups -OCH3 is 1. The zero-order valence-corrected chi connectivity index (χ0v) is 13.1. The molecule has 0 saturated carbocycles. The Labute approximate surface area is 131 Å². The van der Waals surface area contributed by atoms with E-state index >= 15 is 0 Å². The second-order valence-electron chi connectivity index (χ2n) is 6.04. The van der Waals surface area contributed by atoms with E-state index in [0.29, 0.717) is 5.92 Å². The van der Waals surface area contributed by atoms with Crippen LogP contribution < -0.4 is 10.1 Å². The normalized spacial score (nSPS) is 22.6. The van der Waals surface area contributed by atoms with Gasteiger partial charge in [0.05, 0.1) is 7.11 Å². The van der Waals surface area contributed by atoms with Crippen molar-refractivity contribution in [1.82, 2.24) is 10.2 Å². The van der Waals surface area contributed by atoms with Crippen LogP contribution in [-0.2, 0) is 4.74 Å². The molecule has 5 nitrogen and oxygen atoms in total. The number of carbonyl (C=O) groups is 1. The Morgan fingerprint density at radius 1 is 1.23 bits per heavy atom. The van der Waals surface area contributed by atoms with Crippen molar-refractivity contribution < 1.29 is 14.3 Å². The number of likely N-dealkylation sites (tertiary alicyclic amines) is 1. The monoisotopic (exact) mass is 304 g/mol. The third-order valence-electron chi connectivity index (χ3n) is 4.61. The Morgan fingerprint density at radius 3 is 2.64 bits per heavy atom. The van der Waals surface area contributed by atoms with E-state index in [9.17, 15) is 4.79 Å². The number of nitrogens with zero attached hydrogens (tertiary/aromatic N) is 1. The van der Waals surface area contributed by atoms with E-state index in [1.165, 1.54) is 5.56 Å². The highest BCUT2D eigenvalue weighted by atomic mass is 16.5. The predicted molar refractivity (Wildman–Crippen MR) is 84.3 cm³/mol. The molecule has 0 radical (unpaired) electrons. The molecule has 1 atom stereocenters. The van der Waals surface area contributed by atoms with E-state index in [0.717, 1.165) is 51.3 Å². The molecule has 1 N–H and O–H groups in total. The molecule has 0 aromatic heterocycles. The summed E-state index contributed by atoms with van der Waals surface area (Å²) < 4.78 is 10.5. The van der Waals surface area contributed by atoms with Crippen LogP contribution in [0.25, 0.3) is 0 Å². The predicted octanol–water partition coefficient (Wildman–Crippen LogP) is 2.37. The Hall–Kier alpha value is -1.75. The number of benzene rings is 1. The molecular formula is C17H24N2O3. The number of hydrogen-bond donors (Lipinski definition) is 1. The standard InChI is InChI=1S/C17H24N2O3/c1-21-16-4-2-13(3-5-16)14-6-9-19(12-14)17(20)18-15-7-10-22-11-8-15/h2-5,14-15H,6-12H2,1H3,(H,18,20). The summed E-state index contributed by atoms with van der Waals surface area (Å²) in [6, 6.07) is 8.51. The van der Waals surface area contributed by atoms with Crippen molar-refractivity contribution in [3.8, 4) is 5.75 Å². The molecule has 2 aliphatic heterocycles. The fraction of sp³-hybridized carbons (Fsp3) is 0.588. The molecule has 120 valence electrons. The van der Waals surface area contributed by atoms with Gasteiger partial charge in [0.25, 0.3) is 0 Å². The lowest BCUT2D eigenvalue weighted by atomic mass is 9.98. The molecule has 1 aromatic rings. The Morgan fingerprint density at radius 2 is 1.95 bits per heavy atom. The number of rotatable bonds is 3. The topological polar surface area (TPSA) is 50.8 Å². The molecule has 1 aromatic carbocycles. The van der Waals surface area contributed by atoms with E-state index in [4.69, 9.17) is 9.47 Å². The van der Waals surface area contributed by atoms with Gasteiger partial charge in [-0.1, -0.05) is 12.1 Å². The van der Waals surface area contributed by atoms with Crippen LogP contribution in [0.5, 0.6) is 5.75 Å². The summed E-state index contributed by atoms with van der Waals surface area (Å²) in [5, 5.41) is 3.14. The van der Waals surface area contributed by atoms with Crippen molar-refractivity contribution in [3.05, 3.63) is 29.8 Å². The van der Waals surface area contributed by atoms with Gasteiger partial charge in [-0.15, -0.1) is 0 Å². The minimum atomic E-state index is 0.0721. The van der Waals surface area contributed by atoms with Gasteiger partial charge in [0, 0.05) is 38.3 Å². The van der Waals surface area contributed by atoms with Crippen LogP contribution in [0, 0.1) is 0 Å². The van der Waals surface area contributed by atoms with Gasteiger partial charge in [0.2, 0.25) is 0 Å².